The first-order valence-corrected chi connectivity index (χ1v) is 5.96. The van der Waals surface area contributed by atoms with E-state index >= 15 is 0 Å². The molecule has 2 N–H and O–H groups in total. The van der Waals surface area contributed by atoms with Crippen molar-refractivity contribution in [2.75, 3.05) is 32.2 Å². The lowest BCUT2D eigenvalue weighted by Gasteiger charge is -2.09. The minimum atomic E-state index is -0.413. The van der Waals surface area contributed by atoms with Gasteiger partial charge in [-0.2, -0.15) is 0 Å². The number of carbonyl (C=O) groups is 1. The molecule has 5 heteroatoms. The summed E-state index contributed by atoms with van der Waals surface area (Å²) in [7, 11) is 0. The molecule has 5 nitrogen and oxygen atoms in total. The van der Waals surface area contributed by atoms with Gasteiger partial charge in [0.25, 0.3) is 0 Å². The molecule has 1 aromatic carbocycles. The first-order valence-electron chi connectivity index (χ1n) is 5.96. The number of rotatable bonds is 7. The molecule has 0 fully saturated rings. The maximum absolute atomic E-state index is 11.7. The van der Waals surface area contributed by atoms with Gasteiger partial charge in [0, 0.05) is 6.61 Å². The fourth-order valence-corrected chi connectivity index (χ4v) is 1.38. The van der Waals surface area contributed by atoms with Crippen molar-refractivity contribution >= 4 is 11.7 Å². The standard InChI is InChI=1S/C13H19NO4/c1-3-16-7-8-18-13(15)10-5-6-12(17-4-2)11(14)9-10/h5-6,9H,3-4,7-8,14H2,1-2H3. The lowest BCUT2D eigenvalue weighted by Crippen LogP contribution is -2.11. The molecule has 0 radical (unpaired) electrons. The number of nitrogen functional groups attached to an aromatic ring is 1. The SMILES string of the molecule is CCOCCOC(=O)c1ccc(OCC)c(N)c1. The van der Waals surface area contributed by atoms with E-state index in [1.807, 2.05) is 13.8 Å². The smallest absolute Gasteiger partial charge is 0.338 e. The average Bonchev–Trinajstić information content (AvgIpc) is 2.37. The number of nitrogens with two attached hydrogens (primary N) is 1. The van der Waals surface area contributed by atoms with Crippen LogP contribution in [0.3, 0.4) is 0 Å². The fourth-order valence-electron chi connectivity index (χ4n) is 1.38. The highest BCUT2D eigenvalue weighted by atomic mass is 16.6. The quantitative estimate of drug-likeness (QED) is 0.456. The summed E-state index contributed by atoms with van der Waals surface area (Å²) in [5, 5.41) is 0. The normalized spacial score (nSPS) is 10.1. The van der Waals surface area contributed by atoms with Gasteiger partial charge in [-0.25, -0.2) is 4.79 Å². The molecule has 0 aromatic heterocycles. The van der Waals surface area contributed by atoms with Gasteiger partial charge in [0.05, 0.1) is 24.5 Å². The Morgan fingerprint density at radius 2 is 2.00 bits per heavy atom. The minimum Gasteiger partial charge on any atom is -0.492 e. The molecule has 0 aliphatic heterocycles. The first-order chi connectivity index (χ1) is 8.69. The molecule has 0 saturated carbocycles. The lowest BCUT2D eigenvalue weighted by atomic mass is 10.2. The van der Waals surface area contributed by atoms with Crippen molar-refractivity contribution in [2.24, 2.45) is 0 Å². The minimum absolute atomic E-state index is 0.236. The largest absolute Gasteiger partial charge is 0.492 e. The van der Waals surface area contributed by atoms with Gasteiger partial charge in [-0.15, -0.1) is 0 Å². The van der Waals surface area contributed by atoms with E-state index in [-0.39, 0.29) is 6.61 Å². The summed E-state index contributed by atoms with van der Waals surface area (Å²) in [6.07, 6.45) is 0. The predicted octanol–water partition coefficient (Wildman–Crippen LogP) is 1.86. The molecule has 0 spiro atoms. The van der Waals surface area contributed by atoms with Crippen molar-refractivity contribution in [3.05, 3.63) is 23.8 Å². The number of anilines is 1. The highest BCUT2D eigenvalue weighted by Crippen LogP contribution is 2.22. The van der Waals surface area contributed by atoms with E-state index in [1.54, 1.807) is 18.2 Å². The summed E-state index contributed by atoms with van der Waals surface area (Å²) in [6, 6.07) is 4.84. The Kier molecular flexibility index (Phi) is 6.00. The van der Waals surface area contributed by atoms with Gasteiger partial charge in [-0.1, -0.05) is 0 Å². The molecular weight excluding hydrogens is 234 g/mol. The van der Waals surface area contributed by atoms with Crippen LogP contribution in [-0.4, -0.2) is 32.4 Å². The second-order valence-corrected chi connectivity index (χ2v) is 3.52. The lowest BCUT2D eigenvalue weighted by molar-refractivity contribution is 0.0335. The molecule has 0 saturated heterocycles. The van der Waals surface area contributed by atoms with Crippen molar-refractivity contribution in [3.8, 4) is 5.75 Å². The molecular formula is C13H19NO4. The van der Waals surface area contributed by atoms with E-state index < -0.39 is 5.97 Å². The predicted molar refractivity (Wildman–Crippen MR) is 68.8 cm³/mol. The van der Waals surface area contributed by atoms with E-state index in [2.05, 4.69) is 0 Å². The summed E-state index contributed by atoms with van der Waals surface area (Å²) in [5.41, 5.74) is 6.60. The molecule has 1 aromatic rings. The summed E-state index contributed by atoms with van der Waals surface area (Å²) < 4.78 is 15.4. The van der Waals surface area contributed by atoms with Crippen LogP contribution >= 0.6 is 0 Å². The van der Waals surface area contributed by atoms with E-state index in [4.69, 9.17) is 19.9 Å². The average molecular weight is 253 g/mol. The van der Waals surface area contributed by atoms with E-state index in [0.29, 0.717) is 36.8 Å². The summed E-state index contributed by atoms with van der Waals surface area (Å²) in [5.74, 6) is 0.160. The van der Waals surface area contributed by atoms with Crippen LogP contribution < -0.4 is 10.5 Å². The Labute approximate surface area is 107 Å². The molecule has 0 atom stereocenters. The molecule has 0 bridgehead atoms. The summed E-state index contributed by atoms with van der Waals surface area (Å²) in [4.78, 5) is 11.7. The maximum Gasteiger partial charge on any atom is 0.338 e. The fraction of sp³-hybridized carbons (Fsp3) is 0.462. The van der Waals surface area contributed by atoms with Crippen molar-refractivity contribution in [3.63, 3.8) is 0 Å². The van der Waals surface area contributed by atoms with Crippen LogP contribution in [0.25, 0.3) is 0 Å². The zero-order valence-electron chi connectivity index (χ0n) is 10.8. The van der Waals surface area contributed by atoms with Crippen LogP contribution in [-0.2, 0) is 9.47 Å². The third kappa shape index (κ3) is 4.25. The van der Waals surface area contributed by atoms with Gasteiger partial charge in [-0.05, 0) is 32.0 Å². The van der Waals surface area contributed by atoms with Crippen LogP contribution in [0.15, 0.2) is 18.2 Å². The Hall–Kier alpha value is -1.75. The molecule has 0 aliphatic carbocycles. The third-order valence-corrected chi connectivity index (χ3v) is 2.21. The molecule has 0 unspecified atom stereocenters. The van der Waals surface area contributed by atoms with Gasteiger partial charge < -0.3 is 19.9 Å². The number of benzene rings is 1. The monoisotopic (exact) mass is 253 g/mol. The van der Waals surface area contributed by atoms with Gasteiger partial charge in [0.2, 0.25) is 0 Å². The zero-order valence-corrected chi connectivity index (χ0v) is 10.8. The van der Waals surface area contributed by atoms with Crippen molar-refractivity contribution in [1.82, 2.24) is 0 Å². The van der Waals surface area contributed by atoms with Crippen molar-refractivity contribution < 1.29 is 19.0 Å². The highest BCUT2D eigenvalue weighted by molar-refractivity contribution is 5.91. The maximum atomic E-state index is 11.7. The van der Waals surface area contributed by atoms with Crippen molar-refractivity contribution in [1.29, 1.82) is 0 Å². The summed E-state index contributed by atoms with van der Waals surface area (Å²) in [6.45, 7) is 5.52. The number of hydrogen-bond acceptors (Lipinski definition) is 5. The Balaban J connectivity index is 2.55. The van der Waals surface area contributed by atoms with E-state index in [1.165, 1.54) is 0 Å². The van der Waals surface area contributed by atoms with Crippen LogP contribution in [0.1, 0.15) is 24.2 Å². The molecule has 1 rings (SSSR count). The topological polar surface area (TPSA) is 70.8 Å². The van der Waals surface area contributed by atoms with Crippen molar-refractivity contribution in [2.45, 2.75) is 13.8 Å². The molecule has 100 valence electrons. The van der Waals surface area contributed by atoms with Crippen LogP contribution in [0, 0.1) is 0 Å². The van der Waals surface area contributed by atoms with E-state index in [9.17, 15) is 4.79 Å². The van der Waals surface area contributed by atoms with Crippen LogP contribution in [0.2, 0.25) is 0 Å². The first kappa shape index (κ1) is 14.3. The number of ether oxygens (including phenoxy) is 3. The second kappa shape index (κ2) is 7.55. The van der Waals surface area contributed by atoms with Gasteiger partial charge in [-0.3, -0.25) is 0 Å². The van der Waals surface area contributed by atoms with Crippen LogP contribution in [0.5, 0.6) is 5.75 Å². The van der Waals surface area contributed by atoms with Crippen LogP contribution in [0.4, 0.5) is 5.69 Å². The third-order valence-electron chi connectivity index (χ3n) is 2.21. The Morgan fingerprint density at radius 1 is 1.22 bits per heavy atom. The Morgan fingerprint density at radius 3 is 2.61 bits per heavy atom. The molecule has 0 aliphatic rings. The second-order valence-electron chi connectivity index (χ2n) is 3.52. The molecule has 0 heterocycles. The van der Waals surface area contributed by atoms with E-state index in [0.717, 1.165) is 0 Å². The van der Waals surface area contributed by atoms with Gasteiger partial charge >= 0.3 is 5.97 Å². The highest BCUT2D eigenvalue weighted by Gasteiger charge is 2.09. The molecule has 18 heavy (non-hydrogen) atoms. The van der Waals surface area contributed by atoms with Gasteiger partial charge in [0.15, 0.2) is 0 Å². The number of esters is 1. The molecule has 0 amide bonds. The zero-order chi connectivity index (χ0) is 13.4. The van der Waals surface area contributed by atoms with Gasteiger partial charge in [0.1, 0.15) is 12.4 Å². The Bertz CT molecular complexity index is 393. The number of carbonyl (C=O) groups excluding carboxylic acids is 1. The number of hydrogen-bond donors (Lipinski definition) is 1. The summed E-state index contributed by atoms with van der Waals surface area (Å²) >= 11 is 0.